The molecule has 1 fully saturated rings. The van der Waals surface area contributed by atoms with Gasteiger partial charge in [-0.1, -0.05) is 45.4 Å². The van der Waals surface area contributed by atoms with E-state index >= 15 is 0 Å². The van der Waals surface area contributed by atoms with E-state index in [4.69, 9.17) is 0 Å². The lowest BCUT2D eigenvalue weighted by molar-refractivity contribution is 0.125. The molecule has 0 heterocycles. The topological polar surface area (TPSA) is 32.3 Å². The van der Waals surface area contributed by atoms with Crippen molar-refractivity contribution < 1.29 is 5.11 Å². The summed E-state index contributed by atoms with van der Waals surface area (Å²) in [6.45, 7) is 5.92. The molecule has 102 valence electrons. The van der Waals surface area contributed by atoms with E-state index in [0.29, 0.717) is 12.6 Å². The Bertz CT molecular complexity index is 187. The third kappa shape index (κ3) is 5.39. The minimum Gasteiger partial charge on any atom is -0.396 e. The molecule has 0 amide bonds. The average molecular weight is 241 g/mol. The monoisotopic (exact) mass is 241 g/mol. The molecule has 0 saturated heterocycles. The molecular weight excluding hydrogens is 210 g/mol. The molecule has 0 spiro atoms. The highest BCUT2D eigenvalue weighted by Crippen LogP contribution is 2.37. The molecular formula is C15H31NO. The van der Waals surface area contributed by atoms with Crippen LogP contribution in [0.3, 0.4) is 0 Å². The first-order chi connectivity index (χ1) is 8.22. The first-order valence-corrected chi connectivity index (χ1v) is 7.57. The largest absolute Gasteiger partial charge is 0.396 e. The van der Waals surface area contributed by atoms with Gasteiger partial charge in [-0.25, -0.2) is 0 Å². The normalized spacial score (nSPS) is 20.6. The molecule has 0 bridgehead atoms. The van der Waals surface area contributed by atoms with Gasteiger partial charge < -0.3 is 10.4 Å². The Labute approximate surface area is 107 Å². The van der Waals surface area contributed by atoms with Crippen LogP contribution in [0.2, 0.25) is 0 Å². The van der Waals surface area contributed by atoms with Gasteiger partial charge in [0.25, 0.3) is 0 Å². The fourth-order valence-electron chi connectivity index (χ4n) is 2.89. The van der Waals surface area contributed by atoms with Crippen molar-refractivity contribution in [1.29, 1.82) is 0 Å². The van der Waals surface area contributed by atoms with Crippen LogP contribution in [0.15, 0.2) is 0 Å². The van der Waals surface area contributed by atoms with Crippen molar-refractivity contribution in [2.75, 3.05) is 13.2 Å². The fourth-order valence-corrected chi connectivity index (χ4v) is 2.89. The van der Waals surface area contributed by atoms with Gasteiger partial charge in [0.1, 0.15) is 0 Å². The Balaban J connectivity index is 2.11. The minimum atomic E-state index is 0.206. The van der Waals surface area contributed by atoms with Crippen LogP contribution in [0.4, 0.5) is 0 Å². The lowest BCUT2D eigenvalue weighted by Gasteiger charge is -2.28. The highest BCUT2D eigenvalue weighted by molar-refractivity contribution is 4.86. The molecule has 1 atom stereocenters. The molecule has 0 aromatic heterocycles. The Morgan fingerprint density at radius 1 is 1.18 bits per heavy atom. The summed E-state index contributed by atoms with van der Waals surface area (Å²) in [6, 6.07) is 0.607. The molecule has 17 heavy (non-hydrogen) atoms. The van der Waals surface area contributed by atoms with Gasteiger partial charge in [0.05, 0.1) is 0 Å². The van der Waals surface area contributed by atoms with E-state index in [2.05, 4.69) is 19.2 Å². The van der Waals surface area contributed by atoms with Crippen molar-refractivity contribution in [3.05, 3.63) is 0 Å². The highest BCUT2D eigenvalue weighted by atomic mass is 16.3. The predicted octanol–water partition coefficient (Wildman–Crippen LogP) is 3.49. The number of aliphatic hydroxyl groups is 1. The highest BCUT2D eigenvalue weighted by Gasteiger charge is 2.32. The van der Waals surface area contributed by atoms with Crippen LogP contribution in [0.25, 0.3) is 0 Å². The Hall–Kier alpha value is -0.0800. The van der Waals surface area contributed by atoms with E-state index < -0.39 is 0 Å². The van der Waals surface area contributed by atoms with E-state index in [0.717, 1.165) is 6.54 Å². The first kappa shape index (κ1) is 15.0. The number of rotatable bonds is 9. The second-order valence-corrected chi connectivity index (χ2v) is 6.00. The van der Waals surface area contributed by atoms with Crippen molar-refractivity contribution in [1.82, 2.24) is 5.32 Å². The molecule has 1 rings (SSSR count). The minimum absolute atomic E-state index is 0.206. The maximum atomic E-state index is 9.54. The maximum Gasteiger partial charge on any atom is 0.0499 e. The zero-order chi connectivity index (χ0) is 12.6. The Morgan fingerprint density at radius 2 is 1.88 bits per heavy atom. The van der Waals surface area contributed by atoms with Gasteiger partial charge in [-0.2, -0.15) is 0 Å². The summed E-state index contributed by atoms with van der Waals surface area (Å²) in [4.78, 5) is 0. The zero-order valence-electron chi connectivity index (χ0n) is 11.8. The molecule has 2 N–H and O–H groups in total. The van der Waals surface area contributed by atoms with Gasteiger partial charge in [-0.15, -0.1) is 0 Å². The predicted molar refractivity (Wildman–Crippen MR) is 74.2 cm³/mol. The standard InChI is InChI=1S/C15H31NO/c1-3-4-5-6-9-14(2)16-12-15(13-17)10-7-8-11-15/h14,16-17H,3-13H2,1-2H3. The van der Waals surface area contributed by atoms with Crippen LogP contribution >= 0.6 is 0 Å². The molecule has 1 aliphatic carbocycles. The molecule has 0 aromatic rings. The molecule has 2 nitrogen and oxygen atoms in total. The molecule has 2 heteroatoms. The number of hydrogen-bond donors (Lipinski definition) is 2. The maximum absolute atomic E-state index is 9.54. The Morgan fingerprint density at radius 3 is 2.47 bits per heavy atom. The molecule has 1 saturated carbocycles. The third-order valence-electron chi connectivity index (χ3n) is 4.32. The molecule has 1 unspecified atom stereocenters. The second kappa shape index (κ2) is 8.10. The first-order valence-electron chi connectivity index (χ1n) is 7.57. The lowest BCUT2D eigenvalue weighted by atomic mass is 9.87. The van der Waals surface area contributed by atoms with Crippen molar-refractivity contribution in [2.24, 2.45) is 5.41 Å². The van der Waals surface area contributed by atoms with E-state index in [1.807, 2.05) is 0 Å². The summed E-state index contributed by atoms with van der Waals surface area (Å²) < 4.78 is 0. The lowest BCUT2D eigenvalue weighted by Crippen LogP contribution is -2.39. The van der Waals surface area contributed by atoms with Crippen LogP contribution in [-0.2, 0) is 0 Å². The SMILES string of the molecule is CCCCCCC(C)NCC1(CO)CCCC1. The zero-order valence-corrected chi connectivity index (χ0v) is 11.8. The van der Waals surface area contributed by atoms with Gasteiger partial charge in [0.15, 0.2) is 0 Å². The van der Waals surface area contributed by atoms with Crippen LogP contribution in [0.5, 0.6) is 0 Å². The fraction of sp³-hybridized carbons (Fsp3) is 1.00. The van der Waals surface area contributed by atoms with E-state index in [9.17, 15) is 5.11 Å². The number of hydrogen-bond acceptors (Lipinski definition) is 2. The molecule has 0 aromatic carbocycles. The summed E-state index contributed by atoms with van der Waals surface area (Å²) in [7, 11) is 0. The van der Waals surface area contributed by atoms with Crippen molar-refractivity contribution in [2.45, 2.75) is 77.7 Å². The van der Waals surface area contributed by atoms with Crippen LogP contribution in [-0.4, -0.2) is 24.3 Å². The average Bonchev–Trinajstić information content (AvgIpc) is 2.82. The summed E-state index contributed by atoms with van der Waals surface area (Å²) in [6.07, 6.45) is 11.7. The second-order valence-electron chi connectivity index (χ2n) is 6.00. The van der Waals surface area contributed by atoms with Gasteiger partial charge >= 0.3 is 0 Å². The van der Waals surface area contributed by atoms with Gasteiger partial charge in [0, 0.05) is 24.6 Å². The van der Waals surface area contributed by atoms with Gasteiger partial charge in [0.2, 0.25) is 0 Å². The van der Waals surface area contributed by atoms with E-state index in [1.165, 1.54) is 57.8 Å². The summed E-state index contributed by atoms with van der Waals surface area (Å²) >= 11 is 0. The number of nitrogens with one attached hydrogen (secondary N) is 1. The summed E-state index contributed by atoms with van der Waals surface area (Å²) in [5.41, 5.74) is 0.206. The molecule has 0 aliphatic heterocycles. The van der Waals surface area contributed by atoms with Gasteiger partial charge in [-0.3, -0.25) is 0 Å². The number of aliphatic hydroxyl groups excluding tert-OH is 1. The molecule has 0 radical (unpaired) electrons. The third-order valence-corrected chi connectivity index (χ3v) is 4.32. The number of unbranched alkanes of at least 4 members (excludes halogenated alkanes) is 3. The Kier molecular flexibility index (Phi) is 7.14. The smallest absolute Gasteiger partial charge is 0.0499 e. The summed E-state index contributed by atoms with van der Waals surface area (Å²) in [5, 5.41) is 13.2. The van der Waals surface area contributed by atoms with E-state index in [-0.39, 0.29) is 5.41 Å². The van der Waals surface area contributed by atoms with Crippen molar-refractivity contribution >= 4 is 0 Å². The van der Waals surface area contributed by atoms with Crippen molar-refractivity contribution in [3.8, 4) is 0 Å². The van der Waals surface area contributed by atoms with Crippen LogP contribution in [0, 0.1) is 5.41 Å². The molecule has 1 aliphatic rings. The summed E-state index contributed by atoms with van der Waals surface area (Å²) in [5.74, 6) is 0. The van der Waals surface area contributed by atoms with E-state index in [1.54, 1.807) is 0 Å². The quantitative estimate of drug-likeness (QED) is 0.606. The van der Waals surface area contributed by atoms with Crippen molar-refractivity contribution in [3.63, 3.8) is 0 Å². The van der Waals surface area contributed by atoms with Gasteiger partial charge in [-0.05, 0) is 26.2 Å². The van der Waals surface area contributed by atoms with Crippen LogP contribution < -0.4 is 5.32 Å². The van der Waals surface area contributed by atoms with Crippen LogP contribution in [0.1, 0.15) is 71.6 Å².